The monoisotopic (exact) mass is 487 g/mol. The second-order valence-corrected chi connectivity index (χ2v) is 9.28. The number of esters is 2. The molecule has 0 bridgehead atoms. The molecule has 1 aromatic carbocycles. The molecule has 2 atom stereocenters. The first-order valence-corrected chi connectivity index (χ1v) is 12.5. The zero-order chi connectivity index (χ0) is 25.4. The molecule has 2 saturated heterocycles. The number of rotatable bonds is 7. The maximum atomic E-state index is 12.9. The molecule has 0 saturated carbocycles. The van der Waals surface area contributed by atoms with Gasteiger partial charge in [-0.1, -0.05) is 19.4 Å². The second kappa shape index (κ2) is 12.6. The lowest BCUT2D eigenvalue weighted by Crippen LogP contribution is -2.47. The van der Waals surface area contributed by atoms with Crippen molar-refractivity contribution < 1.29 is 28.7 Å². The predicted molar refractivity (Wildman–Crippen MR) is 131 cm³/mol. The lowest BCUT2D eigenvalue weighted by atomic mass is 9.81. The van der Waals surface area contributed by atoms with Gasteiger partial charge in [-0.25, -0.2) is 9.59 Å². The third kappa shape index (κ3) is 6.96. The van der Waals surface area contributed by atoms with Crippen LogP contribution in [0, 0.1) is 17.8 Å². The summed E-state index contributed by atoms with van der Waals surface area (Å²) in [5.41, 5.74) is 0.935. The summed E-state index contributed by atoms with van der Waals surface area (Å²) in [5.74, 6) is -0.146. The van der Waals surface area contributed by atoms with E-state index in [1.807, 2.05) is 4.90 Å². The Labute approximate surface area is 207 Å². The summed E-state index contributed by atoms with van der Waals surface area (Å²) in [6.07, 6.45) is 3.40. The lowest BCUT2D eigenvalue weighted by Gasteiger charge is -2.39. The van der Waals surface area contributed by atoms with E-state index in [1.165, 1.54) is 7.11 Å². The van der Waals surface area contributed by atoms with Crippen molar-refractivity contribution >= 4 is 29.6 Å². The Kier molecular flexibility index (Phi) is 9.51. The molecular weight excluding hydrogens is 450 g/mol. The Bertz CT molecular complexity index is 912. The highest BCUT2D eigenvalue weighted by Crippen LogP contribution is 2.31. The number of carbonyl (C=O) groups excluding carboxylic acids is 4. The van der Waals surface area contributed by atoms with Crippen LogP contribution in [0.5, 0.6) is 0 Å². The molecule has 0 spiro atoms. The Morgan fingerprint density at radius 3 is 2.37 bits per heavy atom. The minimum atomic E-state index is -0.422. The lowest BCUT2D eigenvalue weighted by molar-refractivity contribution is -0.149. The molecule has 192 valence electrons. The Morgan fingerprint density at radius 1 is 1.00 bits per heavy atom. The van der Waals surface area contributed by atoms with Gasteiger partial charge in [0.1, 0.15) is 0 Å². The number of urea groups is 1. The van der Waals surface area contributed by atoms with Crippen molar-refractivity contribution in [2.24, 2.45) is 17.8 Å². The van der Waals surface area contributed by atoms with Crippen LogP contribution in [0.2, 0.25) is 0 Å². The van der Waals surface area contributed by atoms with Crippen LogP contribution in [0.15, 0.2) is 24.3 Å². The van der Waals surface area contributed by atoms with Crippen molar-refractivity contribution in [2.45, 2.75) is 46.0 Å². The molecule has 2 aliphatic rings. The van der Waals surface area contributed by atoms with Gasteiger partial charge in [-0.15, -0.1) is 0 Å². The molecule has 1 aromatic rings. The molecule has 2 unspecified atom stereocenters. The van der Waals surface area contributed by atoms with Crippen LogP contribution in [0.4, 0.5) is 10.5 Å². The maximum Gasteiger partial charge on any atom is 0.338 e. The summed E-state index contributed by atoms with van der Waals surface area (Å²) in [5, 5.41) is 2.89. The Morgan fingerprint density at radius 2 is 1.71 bits per heavy atom. The minimum absolute atomic E-state index is 0.118. The first-order chi connectivity index (χ1) is 16.9. The SMILES string of the molecule is CCOC(=O)c1cccc(NC(=O)N2CCC(CC(=O)N3CCC(C(=O)OC)CC3)C(CC)C2)c1. The number of likely N-dealkylation sites (tertiary alicyclic amines) is 2. The van der Waals surface area contributed by atoms with Crippen molar-refractivity contribution in [3.63, 3.8) is 0 Å². The molecule has 0 aromatic heterocycles. The van der Waals surface area contributed by atoms with Crippen LogP contribution in [-0.2, 0) is 19.1 Å². The molecule has 2 heterocycles. The number of benzene rings is 1. The standard InChI is InChI=1S/C26H37N3O6/c1-4-18-17-29(26(33)27-22-8-6-7-21(15-22)25(32)35-5-2)14-11-20(18)16-23(30)28-12-9-19(10-13-28)24(31)34-3/h6-8,15,18-20H,4-5,9-14,16-17H2,1-3H3,(H,27,33). The highest BCUT2D eigenvalue weighted by Gasteiger charge is 2.34. The van der Waals surface area contributed by atoms with Gasteiger partial charge in [-0.3, -0.25) is 9.59 Å². The maximum absolute atomic E-state index is 12.9. The number of anilines is 1. The second-order valence-electron chi connectivity index (χ2n) is 9.28. The largest absolute Gasteiger partial charge is 0.469 e. The van der Waals surface area contributed by atoms with Crippen LogP contribution in [-0.4, -0.2) is 73.6 Å². The van der Waals surface area contributed by atoms with Crippen LogP contribution >= 0.6 is 0 Å². The van der Waals surface area contributed by atoms with Crippen molar-refractivity contribution in [3.05, 3.63) is 29.8 Å². The van der Waals surface area contributed by atoms with Crippen LogP contribution < -0.4 is 5.32 Å². The van der Waals surface area contributed by atoms with Crippen molar-refractivity contribution in [1.82, 2.24) is 9.80 Å². The van der Waals surface area contributed by atoms with Gasteiger partial charge in [0.15, 0.2) is 0 Å². The van der Waals surface area contributed by atoms with Crippen molar-refractivity contribution in [2.75, 3.05) is 45.2 Å². The summed E-state index contributed by atoms with van der Waals surface area (Å²) in [7, 11) is 1.40. The van der Waals surface area contributed by atoms with E-state index in [0.717, 1.165) is 12.8 Å². The van der Waals surface area contributed by atoms with E-state index in [4.69, 9.17) is 9.47 Å². The number of carbonyl (C=O) groups is 4. The van der Waals surface area contributed by atoms with Crippen LogP contribution in [0.1, 0.15) is 56.3 Å². The van der Waals surface area contributed by atoms with Gasteiger partial charge in [-0.2, -0.15) is 0 Å². The van der Waals surface area contributed by atoms with Crippen molar-refractivity contribution in [3.8, 4) is 0 Å². The van der Waals surface area contributed by atoms with Gasteiger partial charge >= 0.3 is 18.0 Å². The highest BCUT2D eigenvalue weighted by molar-refractivity contribution is 5.94. The number of methoxy groups -OCH3 is 1. The average Bonchev–Trinajstić information content (AvgIpc) is 2.88. The summed E-state index contributed by atoms with van der Waals surface area (Å²) < 4.78 is 9.86. The number of nitrogens with zero attached hydrogens (tertiary/aromatic N) is 2. The Balaban J connectivity index is 1.51. The van der Waals surface area contributed by atoms with E-state index in [9.17, 15) is 19.2 Å². The average molecular weight is 488 g/mol. The van der Waals surface area contributed by atoms with Gasteiger partial charge in [-0.05, 0) is 56.2 Å². The van der Waals surface area contributed by atoms with E-state index in [0.29, 0.717) is 56.7 Å². The van der Waals surface area contributed by atoms with E-state index in [2.05, 4.69) is 12.2 Å². The first-order valence-electron chi connectivity index (χ1n) is 12.5. The van der Waals surface area contributed by atoms with Gasteiger partial charge in [0.05, 0.1) is 25.2 Å². The molecule has 2 fully saturated rings. The number of hydrogen-bond acceptors (Lipinski definition) is 6. The van der Waals surface area contributed by atoms with E-state index >= 15 is 0 Å². The molecule has 1 N–H and O–H groups in total. The molecule has 35 heavy (non-hydrogen) atoms. The number of nitrogens with one attached hydrogen (secondary N) is 1. The minimum Gasteiger partial charge on any atom is -0.469 e. The van der Waals surface area contributed by atoms with E-state index in [1.54, 1.807) is 36.1 Å². The van der Waals surface area contributed by atoms with Crippen molar-refractivity contribution in [1.29, 1.82) is 0 Å². The molecule has 3 rings (SSSR count). The van der Waals surface area contributed by atoms with Gasteiger partial charge in [0.2, 0.25) is 5.91 Å². The number of piperidine rings is 2. The highest BCUT2D eigenvalue weighted by atomic mass is 16.5. The normalized spacial score (nSPS) is 20.8. The molecule has 0 radical (unpaired) electrons. The molecule has 2 aliphatic heterocycles. The molecular formula is C26H37N3O6. The van der Waals surface area contributed by atoms with Crippen LogP contribution in [0.25, 0.3) is 0 Å². The topological polar surface area (TPSA) is 105 Å². The summed E-state index contributed by atoms with van der Waals surface area (Å²) >= 11 is 0. The summed E-state index contributed by atoms with van der Waals surface area (Å²) in [6, 6.07) is 6.51. The molecule has 9 heteroatoms. The third-order valence-corrected chi connectivity index (χ3v) is 7.15. The fourth-order valence-corrected chi connectivity index (χ4v) is 5.02. The zero-order valence-electron chi connectivity index (χ0n) is 21.0. The zero-order valence-corrected chi connectivity index (χ0v) is 21.0. The van der Waals surface area contributed by atoms with Crippen LogP contribution in [0.3, 0.4) is 0 Å². The summed E-state index contributed by atoms with van der Waals surface area (Å²) in [6.45, 7) is 6.45. The number of ether oxygens (including phenoxy) is 2. The fourth-order valence-electron chi connectivity index (χ4n) is 5.02. The van der Waals surface area contributed by atoms with E-state index in [-0.39, 0.29) is 42.3 Å². The molecule has 0 aliphatic carbocycles. The number of hydrogen-bond donors (Lipinski definition) is 1. The number of amides is 3. The first kappa shape index (κ1) is 26.5. The molecule has 9 nitrogen and oxygen atoms in total. The summed E-state index contributed by atoms with van der Waals surface area (Å²) in [4.78, 5) is 53.2. The quantitative estimate of drug-likeness (QED) is 0.590. The predicted octanol–water partition coefficient (Wildman–Crippen LogP) is 3.55. The van der Waals surface area contributed by atoms with Gasteiger partial charge in [0, 0.05) is 38.3 Å². The Hall–Kier alpha value is -3.10. The fraction of sp³-hybridized carbons (Fsp3) is 0.615. The van der Waals surface area contributed by atoms with E-state index < -0.39 is 5.97 Å². The third-order valence-electron chi connectivity index (χ3n) is 7.15. The van der Waals surface area contributed by atoms with Gasteiger partial charge < -0.3 is 24.6 Å². The van der Waals surface area contributed by atoms with Gasteiger partial charge in [0.25, 0.3) is 0 Å². The smallest absolute Gasteiger partial charge is 0.338 e. The molecule has 3 amide bonds.